The highest BCUT2D eigenvalue weighted by Gasteiger charge is 2.14. The van der Waals surface area contributed by atoms with E-state index in [0.717, 1.165) is 11.1 Å². The van der Waals surface area contributed by atoms with Crippen LogP contribution in [0.1, 0.15) is 30.9 Å². The van der Waals surface area contributed by atoms with Crippen LogP contribution in [0, 0.1) is 0 Å². The van der Waals surface area contributed by atoms with E-state index in [1.54, 1.807) is 0 Å². The van der Waals surface area contributed by atoms with Gasteiger partial charge in [-0.15, -0.1) is 0 Å². The number of piperidine rings is 1. The van der Waals surface area contributed by atoms with Crippen LogP contribution in [-0.2, 0) is 0 Å². The monoisotopic (exact) mass is 240 g/mol. The van der Waals surface area contributed by atoms with Gasteiger partial charge in [-0.1, -0.05) is 12.5 Å². The second kappa shape index (κ2) is 4.20. The molecular weight excluding hydrogens is 228 g/mol. The predicted octanol–water partition coefficient (Wildman–Crippen LogP) is 2.66. The van der Waals surface area contributed by atoms with Gasteiger partial charge in [0.2, 0.25) is 0 Å². The number of nitrogens with one attached hydrogen (secondary N) is 1. The standard InChI is InChI=1S/C10H13BrN2/c11-10-5-4-8(7-13-10)9-3-1-2-6-12-9/h4-5,7,9,12H,1-3,6H2. The third kappa shape index (κ3) is 2.29. The van der Waals surface area contributed by atoms with E-state index in [9.17, 15) is 0 Å². The topological polar surface area (TPSA) is 24.9 Å². The van der Waals surface area contributed by atoms with Crippen molar-refractivity contribution in [1.29, 1.82) is 0 Å². The maximum absolute atomic E-state index is 4.23. The van der Waals surface area contributed by atoms with Crippen molar-refractivity contribution in [3.05, 3.63) is 28.5 Å². The number of nitrogens with zero attached hydrogens (tertiary/aromatic N) is 1. The highest BCUT2D eigenvalue weighted by Crippen LogP contribution is 2.22. The first kappa shape index (κ1) is 9.16. The lowest BCUT2D eigenvalue weighted by atomic mass is 9.99. The molecule has 2 rings (SSSR count). The summed E-state index contributed by atoms with van der Waals surface area (Å²) in [5.41, 5.74) is 1.31. The second-order valence-corrected chi connectivity index (χ2v) is 4.23. The van der Waals surface area contributed by atoms with Gasteiger partial charge in [-0.05, 0) is 46.9 Å². The SMILES string of the molecule is Brc1ccc(C2CCCCN2)cn1. The van der Waals surface area contributed by atoms with Crippen LogP contribution in [0.15, 0.2) is 22.9 Å². The van der Waals surface area contributed by atoms with Gasteiger partial charge in [0.25, 0.3) is 0 Å². The van der Waals surface area contributed by atoms with Crippen molar-refractivity contribution >= 4 is 15.9 Å². The number of halogens is 1. The van der Waals surface area contributed by atoms with Crippen LogP contribution in [0.5, 0.6) is 0 Å². The summed E-state index contributed by atoms with van der Waals surface area (Å²) < 4.78 is 0.909. The Morgan fingerprint density at radius 2 is 2.31 bits per heavy atom. The van der Waals surface area contributed by atoms with Crippen LogP contribution in [0.25, 0.3) is 0 Å². The van der Waals surface area contributed by atoms with E-state index in [1.807, 2.05) is 12.3 Å². The zero-order chi connectivity index (χ0) is 9.10. The van der Waals surface area contributed by atoms with Gasteiger partial charge in [0, 0.05) is 12.2 Å². The van der Waals surface area contributed by atoms with Crippen molar-refractivity contribution in [3.63, 3.8) is 0 Å². The van der Waals surface area contributed by atoms with Crippen molar-refractivity contribution < 1.29 is 0 Å². The lowest BCUT2D eigenvalue weighted by molar-refractivity contribution is 0.411. The first-order chi connectivity index (χ1) is 6.36. The minimum atomic E-state index is 0.523. The molecule has 1 aliphatic heterocycles. The summed E-state index contributed by atoms with van der Waals surface area (Å²) in [6.45, 7) is 1.14. The molecule has 0 bridgehead atoms. The van der Waals surface area contributed by atoms with Gasteiger partial charge in [-0.25, -0.2) is 4.98 Å². The molecule has 1 atom stereocenters. The van der Waals surface area contributed by atoms with Crippen LogP contribution in [0.2, 0.25) is 0 Å². The molecule has 0 saturated carbocycles. The number of hydrogen-bond acceptors (Lipinski definition) is 2. The Kier molecular flexibility index (Phi) is 2.96. The Bertz CT molecular complexity index is 265. The first-order valence-electron chi connectivity index (χ1n) is 4.71. The van der Waals surface area contributed by atoms with E-state index in [2.05, 4.69) is 32.3 Å². The minimum absolute atomic E-state index is 0.523. The summed E-state index contributed by atoms with van der Waals surface area (Å²) in [5.74, 6) is 0. The molecule has 1 aliphatic rings. The highest BCUT2D eigenvalue weighted by atomic mass is 79.9. The van der Waals surface area contributed by atoms with Crippen LogP contribution in [-0.4, -0.2) is 11.5 Å². The Labute approximate surface area is 86.9 Å². The summed E-state index contributed by atoms with van der Waals surface area (Å²) >= 11 is 3.34. The molecule has 1 N–H and O–H groups in total. The lowest BCUT2D eigenvalue weighted by Gasteiger charge is -2.23. The summed E-state index contributed by atoms with van der Waals surface area (Å²) in [7, 11) is 0. The number of pyridine rings is 1. The fourth-order valence-corrected chi connectivity index (χ4v) is 1.96. The molecule has 1 unspecified atom stereocenters. The number of rotatable bonds is 1. The molecule has 0 aromatic carbocycles. The average Bonchev–Trinajstić information content (AvgIpc) is 2.20. The normalized spacial score (nSPS) is 23.0. The third-order valence-corrected chi connectivity index (χ3v) is 2.93. The number of aromatic nitrogens is 1. The van der Waals surface area contributed by atoms with Crippen molar-refractivity contribution in [1.82, 2.24) is 10.3 Å². The molecule has 0 aliphatic carbocycles. The van der Waals surface area contributed by atoms with Crippen LogP contribution < -0.4 is 5.32 Å². The van der Waals surface area contributed by atoms with E-state index in [-0.39, 0.29) is 0 Å². The summed E-state index contributed by atoms with van der Waals surface area (Å²) in [6.07, 6.45) is 5.82. The highest BCUT2D eigenvalue weighted by molar-refractivity contribution is 9.10. The second-order valence-electron chi connectivity index (χ2n) is 3.42. The Balaban J connectivity index is 2.10. The third-order valence-electron chi connectivity index (χ3n) is 2.46. The largest absolute Gasteiger partial charge is 0.310 e. The van der Waals surface area contributed by atoms with Gasteiger partial charge in [0.05, 0.1) is 0 Å². The molecule has 3 heteroatoms. The van der Waals surface area contributed by atoms with E-state index in [1.165, 1.54) is 24.8 Å². The van der Waals surface area contributed by atoms with E-state index in [0.29, 0.717) is 6.04 Å². The van der Waals surface area contributed by atoms with Gasteiger partial charge in [-0.3, -0.25) is 0 Å². The average molecular weight is 241 g/mol. The quantitative estimate of drug-likeness (QED) is 0.764. The Hall–Kier alpha value is -0.410. The van der Waals surface area contributed by atoms with Crippen molar-refractivity contribution in [2.45, 2.75) is 25.3 Å². The van der Waals surface area contributed by atoms with Gasteiger partial charge < -0.3 is 5.32 Å². The molecule has 1 fully saturated rings. The maximum atomic E-state index is 4.23. The van der Waals surface area contributed by atoms with Crippen molar-refractivity contribution in [2.75, 3.05) is 6.54 Å². The molecule has 2 nitrogen and oxygen atoms in total. The van der Waals surface area contributed by atoms with Gasteiger partial charge >= 0.3 is 0 Å². The van der Waals surface area contributed by atoms with E-state index in [4.69, 9.17) is 0 Å². The van der Waals surface area contributed by atoms with Gasteiger partial charge in [0.1, 0.15) is 4.60 Å². The lowest BCUT2D eigenvalue weighted by Crippen LogP contribution is -2.26. The smallest absolute Gasteiger partial charge is 0.106 e. The maximum Gasteiger partial charge on any atom is 0.106 e. The summed E-state index contributed by atoms with van der Waals surface area (Å²) in [5, 5.41) is 3.50. The predicted molar refractivity (Wildman–Crippen MR) is 56.5 cm³/mol. The number of hydrogen-bond donors (Lipinski definition) is 1. The molecule has 70 valence electrons. The minimum Gasteiger partial charge on any atom is -0.310 e. The summed E-state index contributed by atoms with van der Waals surface area (Å²) in [4.78, 5) is 4.23. The Morgan fingerprint density at radius 1 is 1.38 bits per heavy atom. The first-order valence-corrected chi connectivity index (χ1v) is 5.50. The molecule has 0 spiro atoms. The van der Waals surface area contributed by atoms with E-state index >= 15 is 0 Å². The fraction of sp³-hybridized carbons (Fsp3) is 0.500. The molecule has 1 saturated heterocycles. The van der Waals surface area contributed by atoms with Gasteiger partial charge in [-0.2, -0.15) is 0 Å². The molecule has 1 aromatic heterocycles. The van der Waals surface area contributed by atoms with Crippen molar-refractivity contribution in [3.8, 4) is 0 Å². The van der Waals surface area contributed by atoms with E-state index < -0.39 is 0 Å². The molecule has 0 amide bonds. The molecule has 2 heterocycles. The zero-order valence-corrected chi connectivity index (χ0v) is 9.05. The van der Waals surface area contributed by atoms with Crippen LogP contribution in [0.4, 0.5) is 0 Å². The fourth-order valence-electron chi connectivity index (χ4n) is 1.73. The van der Waals surface area contributed by atoms with Crippen molar-refractivity contribution in [2.24, 2.45) is 0 Å². The van der Waals surface area contributed by atoms with Crippen LogP contribution in [0.3, 0.4) is 0 Å². The zero-order valence-electron chi connectivity index (χ0n) is 7.46. The molecule has 13 heavy (non-hydrogen) atoms. The molecule has 0 radical (unpaired) electrons. The van der Waals surface area contributed by atoms with Crippen LogP contribution >= 0.6 is 15.9 Å². The molecular formula is C10H13BrN2. The summed E-state index contributed by atoms with van der Waals surface area (Å²) in [6, 6.07) is 4.67. The van der Waals surface area contributed by atoms with Gasteiger partial charge in [0.15, 0.2) is 0 Å². The molecule has 1 aromatic rings. The Morgan fingerprint density at radius 3 is 2.92 bits per heavy atom.